The number of halogens is 1. The Hall–Kier alpha value is -1.62. The molecule has 1 aromatic rings. The van der Waals surface area contributed by atoms with Gasteiger partial charge in [0.2, 0.25) is 0 Å². The Labute approximate surface area is 98.0 Å². The average Bonchev–Trinajstić information content (AvgIpc) is 2.31. The fourth-order valence-corrected chi connectivity index (χ4v) is 1.86. The first-order valence-corrected chi connectivity index (χ1v) is 5.40. The second kappa shape index (κ2) is 4.33. The van der Waals surface area contributed by atoms with E-state index >= 15 is 0 Å². The van der Waals surface area contributed by atoms with Crippen LogP contribution in [0.25, 0.3) is 0 Å². The molecule has 1 atom stereocenters. The van der Waals surface area contributed by atoms with Gasteiger partial charge in [0.25, 0.3) is 0 Å². The van der Waals surface area contributed by atoms with Crippen LogP contribution in [0.15, 0.2) is 18.2 Å². The molecule has 1 heterocycles. The van der Waals surface area contributed by atoms with E-state index in [1.165, 1.54) is 12.1 Å². The highest BCUT2D eigenvalue weighted by molar-refractivity contribution is 5.82. The second-order valence-electron chi connectivity index (χ2n) is 3.82. The lowest BCUT2D eigenvalue weighted by molar-refractivity contribution is -0.169. The summed E-state index contributed by atoms with van der Waals surface area (Å²) in [6.07, 6.45) is 0.0578. The fraction of sp³-hybridized carbons (Fsp3) is 0.417. The number of benzene rings is 1. The molecule has 0 saturated carbocycles. The van der Waals surface area contributed by atoms with Crippen molar-refractivity contribution < 1.29 is 23.8 Å². The Morgan fingerprint density at radius 3 is 3.12 bits per heavy atom. The van der Waals surface area contributed by atoms with Crippen LogP contribution in [0.4, 0.5) is 4.39 Å². The smallest absolute Gasteiger partial charge is 0.343 e. The number of esters is 1. The van der Waals surface area contributed by atoms with Crippen molar-refractivity contribution in [2.45, 2.75) is 18.9 Å². The lowest BCUT2D eigenvalue weighted by atomic mass is 9.88. The van der Waals surface area contributed by atoms with Gasteiger partial charge >= 0.3 is 5.97 Å². The van der Waals surface area contributed by atoms with Crippen LogP contribution < -0.4 is 4.74 Å². The first-order valence-electron chi connectivity index (χ1n) is 5.40. The molecule has 1 aliphatic rings. The van der Waals surface area contributed by atoms with Gasteiger partial charge < -0.3 is 14.6 Å². The van der Waals surface area contributed by atoms with E-state index in [9.17, 15) is 14.3 Å². The van der Waals surface area contributed by atoms with Gasteiger partial charge in [-0.25, -0.2) is 9.18 Å². The number of hydrogen-bond acceptors (Lipinski definition) is 4. The normalized spacial score (nSPS) is 22.5. The Bertz CT molecular complexity index is 446. The maximum Gasteiger partial charge on any atom is 0.343 e. The molecule has 92 valence electrons. The van der Waals surface area contributed by atoms with Gasteiger partial charge in [-0.1, -0.05) is 0 Å². The zero-order valence-corrected chi connectivity index (χ0v) is 9.40. The molecule has 1 aliphatic heterocycles. The lowest BCUT2D eigenvalue weighted by Gasteiger charge is -2.31. The number of hydrogen-bond donors (Lipinski definition) is 1. The van der Waals surface area contributed by atoms with E-state index in [0.29, 0.717) is 5.75 Å². The summed E-state index contributed by atoms with van der Waals surface area (Å²) in [4.78, 5) is 11.7. The summed E-state index contributed by atoms with van der Waals surface area (Å²) in [5.41, 5.74) is -1.69. The van der Waals surface area contributed by atoms with Crippen molar-refractivity contribution in [2.24, 2.45) is 0 Å². The highest BCUT2D eigenvalue weighted by Gasteiger charge is 2.44. The highest BCUT2D eigenvalue weighted by Crippen LogP contribution is 2.38. The molecule has 0 radical (unpaired) electrons. The summed E-state index contributed by atoms with van der Waals surface area (Å²) >= 11 is 0. The van der Waals surface area contributed by atoms with Crippen molar-refractivity contribution in [3.05, 3.63) is 29.6 Å². The van der Waals surface area contributed by atoms with Crippen LogP contribution >= 0.6 is 0 Å². The van der Waals surface area contributed by atoms with E-state index in [2.05, 4.69) is 0 Å². The number of carbonyl (C=O) groups excluding carboxylic acids is 1. The molecule has 1 unspecified atom stereocenters. The molecule has 0 aliphatic carbocycles. The van der Waals surface area contributed by atoms with Gasteiger partial charge in [0.05, 0.1) is 13.2 Å². The minimum Gasteiger partial charge on any atom is -0.493 e. The molecule has 0 saturated heterocycles. The summed E-state index contributed by atoms with van der Waals surface area (Å²) in [7, 11) is 0. The molecule has 1 aromatic carbocycles. The topological polar surface area (TPSA) is 55.8 Å². The summed E-state index contributed by atoms with van der Waals surface area (Å²) in [5, 5.41) is 10.3. The zero-order chi connectivity index (χ0) is 12.5. The standard InChI is InChI=1S/C12H13FO4/c1-2-16-11(14)12(15)5-6-17-10-4-3-8(13)7-9(10)12/h3-4,7,15H,2,5-6H2,1H3. The molecule has 0 amide bonds. The maximum atomic E-state index is 13.2. The maximum absolute atomic E-state index is 13.2. The SMILES string of the molecule is CCOC(=O)C1(O)CCOc2ccc(F)cc21. The number of carbonyl (C=O) groups is 1. The van der Waals surface area contributed by atoms with Crippen LogP contribution in [-0.4, -0.2) is 24.3 Å². The lowest BCUT2D eigenvalue weighted by Crippen LogP contribution is -2.41. The Kier molecular flexibility index (Phi) is 3.02. The van der Waals surface area contributed by atoms with E-state index < -0.39 is 17.4 Å². The van der Waals surface area contributed by atoms with Crippen molar-refractivity contribution in [1.29, 1.82) is 0 Å². The fourth-order valence-electron chi connectivity index (χ4n) is 1.86. The Morgan fingerprint density at radius 1 is 1.65 bits per heavy atom. The predicted molar refractivity (Wildman–Crippen MR) is 57.0 cm³/mol. The number of fused-ring (bicyclic) bond motifs is 1. The number of rotatable bonds is 2. The van der Waals surface area contributed by atoms with Crippen molar-refractivity contribution >= 4 is 5.97 Å². The molecule has 5 heteroatoms. The van der Waals surface area contributed by atoms with Crippen molar-refractivity contribution in [3.8, 4) is 5.75 Å². The third-order valence-corrected chi connectivity index (χ3v) is 2.72. The summed E-state index contributed by atoms with van der Waals surface area (Å²) < 4.78 is 23.3. The zero-order valence-electron chi connectivity index (χ0n) is 9.40. The third kappa shape index (κ3) is 1.98. The molecular formula is C12H13FO4. The summed E-state index contributed by atoms with van der Waals surface area (Å²) in [6, 6.07) is 3.72. The Balaban J connectivity index is 2.45. The van der Waals surface area contributed by atoms with Crippen LogP contribution in [0.3, 0.4) is 0 Å². The first-order chi connectivity index (χ1) is 8.08. The monoisotopic (exact) mass is 240 g/mol. The molecule has 0 spiro atoms. The third-order valence-electron chi connectivity index (χ3n) is 2.72. The predicted octanol–water partition coefficient (Wildman–Crippen LogP) is 1.36. The van der Waals surface area contributed by atoms with Crippen LogP contribution in [0.5, 0.6) is 5.75 Å². The summed E-state index contributed by atoms with van der Waals surface area (Å²) in [6.45, 7) is 1.99. The average molecular weight is 240 g/mol. The van der Waals surface area contributed by atoms with Crippen molar-refractivity contribution in [1.82, 2.24) is 0 Å². The highest BCUT2D eigenvalue weighted by atomic mass is 19.1. The summed E-state index contributed by atoms with van der Waals surface area (Å²) in [5.74, 6) is -0.986. The number of aliphatic hydroxyl groups is 1. The van der Waals surface area contributed by atoms with Gasteiger partial charge in [-0.2, -0.15) is 0 Å². The van der Waals surface area contributed by atoms with Gasteiger partial charge in [-0.05, 0) is 25.1 Å². The van der Waals surface area contributed by atoms with Crippen molar-refractivity contribution in [3.63, 3.8) is 0 Å². The molecule has 2 rings (SSSR count). The molecule has 4 nitrogen and oxygen atoms in total. The van der Waals surface area contributed by atoms with Crippen LogP contribution in [0, 0.1) is 5.82 Å². The van der Waals surface area contributed by atoms with E-state index in [1.54, 1.807) is 6.92 Å². The van der Waals surface area contributed by atoms with Gasteiger partial charge in [-0.3, -0.25) is 0 Å². The Morgan fingerprint density at radius 2 is 2.41 bits per heavy atom. The molecule has 17 heavy (non-hydrogen) atoms. The van der Waals surface area contributed by atoms with E-state index in [1.807, 2.05) is 0 Å². The van der Waals surface area contributed by atoms with Crippen LogP contribution in [-0.2, 0) is 15.1 Å². The van der Waals surface area contributed by atoms with E-state index in [-0.39, 0.29) is 25.2 Å². The molecule has 0 aromatic heterocycles. The van der Waals surface area contributed by atoms with Crippen molar-refractivity contribution in [2.75, 3.05) is 13.2 Å². The minimum atomic E-state index is -1.81. The van der Waals surface area contributed by atoms with Gasteiger partial charge in [0, 0.05) is 12.0 Å². The van der Waals surface area contributed by atoms with Gasteiger partial charge in [0.15, 0.2) is 5.60 Å². The van der Waals surface area contributed by atoms with Crippen LogP contribution in [0.1, 0.15) is 18.9 Å². The number of ether oxygens (including phenoxy) is 2. The molecule has 0 fully saturated rings. The second-order valence-corrected chi connectivity index (χ2v) is 3.82. The van der Waals surface area contributed by atoms with Crippen LogP contribution in [0.2, 0.25) is 0 Å². The molecule has 1 N–H and O–H groups in total. The molecule has 0 bridgehead atoms. The first kappa shape index (κ1) is 11.9. The van der Waals surface area contributed by atoms with Gasteiger partial charge in [-0.15, -0.1) is 0 Å². The molecular weight excluding hydrogens is 227 g/mol. The quantitative estimate of drug-likeness (QED) is 0.793. The van der Waals surface area contributed by atoms with E-state index in [0.717, 1.165) is 6.07 Å². The largest absolute Gasteiger partial charge is 0.493 e. The van der Waals surface area contributed by atoms with E-state index in [4.69, 9.17) is 9.47 Å². The van der Waals surface area contributed by atoms with Gasteiger partial charge in [0.1, 0.15) is 11.6 Å². The minimum absolute atomic E-state index is 0.0578.